The van der Waals surface area contributed by atoms with Crippen molar-refractivity contribution < 1.29 is 4.79 Å². The van der Waals surface area contributed by atoms with Gasteiger partial charge in [-0.15, -0.1) is 11.3 Å². The summed E-state index contributed by atoms with van der Waals surface area (Å²) >= 11 is 1.38. The van der Waals surface area contributed by atoms with Gasteiger partial charge in [-0.25, -0.2) is 9.97 Å². The summed E-state index contributed by atoms with van der Waals surface area (Å²) in [5, 5.41) is 1.33. The van der Waals surface area contributed by atoms with E-state index in [1.165, 1.54) is 11.3 Å². The molecular weight excluding hydrogens is 444 g/mol. The molecule has 0 aliphatic heterocycles. The van der Waals surface area contributed by atoms with Crippen LogP contribution in [0.15, 0.2) is 89.7 Å². The van der Waals surface area contributed by atoms with Gasteiger partial charge >= 0.3 is 0 Å². The molecule has 0 unspecified atom stereocenters. The van der Waals surface area contributed by atoms with Gasteiger partial charge in [-0.05, 0) is 24.6 Å². The van der Waals surface area contributed by atoms with Gasteiger partial charge in [-0.3, -0.25) is 9.59 Å². The van der Waals surface area contributed by atoms with Crippen LogP contribution in [0.1, 0.15) is 26.8 Å². The van der Waals surface area contributed by atoms with Crippen molar-refractivity contribution in [3.63, 3.8) is 0 Å². The van der Waals surface area contributed by atoms with E-state index in [-0.39, 0.29) is 18.0 Å². The highest BCUT2D eigenvalue weighted by Gasteiger charge is 2.23. The number of benzene rings is 3. The van der Waals surface area contributed by atoms with Crippen LogP contribution in [0.25, 0.3) is 21.5 Å². The van der Waals surface area contributed by atoms with Crippen molar-refractivity contribution in [2.45, 2.75) is 20.0 Å². The van der Waals surface area contributed by atoms with Crippen LogP contribution in [0.3, 0.4) is 0 Å². The Morgan fingerprint density at radius 1 is 0.882 bits per heavy atom. The molecule has 0 atom stereocenters. The molecule has 5 rings (SSSR count). The van der Waals surface area contributed by atoms with Gasteiger partial charge in [0.25, 0.3) is 11.5 Å². The van der Waals surface area contributed by atoms with Gasteiger partial charge in [0.2, 0.25) is 0 Å². The fourth-order valence-electron chi connectivity index (χ4n) is 3.84. The third kappa shape index (κ3) is 4.51. The topological polar surface area (TPSA) is 79.0 Å². The first-order chi connectivity index (χ1) is 16.6. The second kappa shape index (κ2) is 9.41. The number of thiazole rings is 1. The van der Waals surface area contributed by atoms with Crippen molar-refractivity contribution in [2.75, 3.05) is 0 Å². The Morgan fingerprint density at radius 3 is 2.32 bits per heavy atom. The van der Waals surface area contributed by atoms with Gasteiger partial charge in [-0.1, -0.05) is 72.8 Å². The Bertz CT molecular complexity index is 1510. The second-order valence-corrected chi connectivity index (χ2v) is 8.98. The minimum atomic E-state index is -0.215. The van der Waals surface area contributed by atoms with E-state index in [2.05, 4.69) is 15.0 Å². The zero-order chi connectivity index (χ0) is 23.5. The van der Waals surface area contributed by atoms with Crippen LogP contribution < -0.4 is 5.56 Å². The van der Waals surface area contributed by atoms with Crippen molar-refractivity contribution in [2.24, 2.45) is 0 Å². The van der Waals surface area contributed by atoms with Gasteiger partial charge in [0.1, 0.15) is 15.7 Å². The number of rotatable bonds is 6. The summed E-state index contributed by atoms with van der Waals surface area (Å²) in [5.41, 5.74) is 3.04. The van der Waals surface area contributed by atoms with Gasteiger partial charge in [0.15, 0.2) is 0 Å². The maximum atomic E-state index is 13.7. The Balaban J connectivity index is 1.51. The normalized spacial score (nSPS) is 11.0. The van der Waals surface area contributed by atoms with Crippen molar-refractivity contribution in [1.82, 2.24) is 19.9 Å². The number of hydrogen-bond donors (Lipinski definition) is 1. The number of carbonyl (C=O) groups is 1. The first kappa shape index (κ1) is 21.7. The fraction of sp³-hybridized carbons (Fsp3) is 0.111. The molecule has 168 valence electrons. The lowest BCUT2D eigenvalue weighted by atomic mass is 10.2. The van der Waals surface area contributed by atoms with Gasteiger partial charge < -0.3 is 9.88 Å². The third-order valence-corrected chi connectivity index (χ3v) is 6.71. The minimum absolute atomic E-state index is 0.142. The smallest absolute Gasteiger partial charge is 0.266 e. The number of aryl methyl sites for hydroxylation is 1. The lowest BCUT2D eigenvalue weighted by Crippen LogP contribution is -2.31. The number of nitrogens with one attached hydrogen (secondary N) is 1. The van der Waals surface area contributed by atoms with Crippen LogP contribution >= 0.6 is 11.3 Å². The quantitative estimate of drug-likeness (QED) is 0.373. The van der Waals surface area contributed by atoms with Crippen molar-refractivity contribution in [3.05, 3.63) is 117 Å². The van der Waals surface area contributed by atoms with E-state index in [0.717, 1.165) is 16.1 Å². The van der Waals surface area contributed by atoms with Crippen LogP contribution in [-0.4, -0.2) is 25.8 Å². The van der Waals surface area contributed by atoms with Gasteiger partial charge in [0, 0.05) is 12.1 Å². The average molecular weight is 467 g/mol. The maximum absolute atomic E-state index is 13.7. The molecule has 0 saturated carbocycles. The molecule has 0 spiro atoms. The maximum Gasteiger partial charge on any atom is 0.266 e. The van der Waals surface area contributed by atoms with E-state index in [1.807, 2.05) is 73.7 Å². The Hall–Kier alpha value is -4.10. The molecule has 7 heteroatoms. The number of para-hydroxylation sites is 1. The van der Waals surface area contributed by atoms with Crippen molar-refractivity contribution in [1.29, 1.82) is 0 Å². The number of aromatic amines is 1. The van der Waals surface area contributed by atoms with Crippen LogP contribution in [0.4, 0.5) is 0 Å². The summed E-state index contributed by atoms with van der Waals surface area (Å²) in [6, 6.07) is 26.8. The monoisotopic (exact) mass is 466 g/mol. The molecule has 0 bridgehead atoms. The number of H-pyrrole nitrogens is 1. The largest absolute Gasteiger partial charge is 0.326 e. The number of fused-ring (bicyclic) bond motifs is 1. The van der Waals surface area contributed by atoms with E-state index in [4.69, 9.17) is 0 Å². The number of nitrogens with zero attached hydrogens (tertiary/aromatic N) is 3. The van der Waals surface area contributed by atoms with E-state index in [1.54, 1.807) is 23.1 Å². The van der Waals surface area contributed by atoms with E-state index < -0.39 is 0 Å². The lowest BCUT2D eigenvalue weighted by molar-refractivity contribution is 0.0729. The summed E-state index contributed by atoms with van der Waals surface area (Å²) in [6.45, 7) is 2.41. The highest BCUT2D eigenvalue weighted by atomic mass is 32.1. The highest BCUT2D eigenvalue weighted by molar-refractivity contribution is 7.17. The SMILES string of the molecule is Cc1nc(-c2ccccc2)sc1C(=O)N(Cc1ccccc1)Cc1nc2ccccc2c(=O)[nH]1. The molecule has 6 nitrogen and oxygen atoms in total. The molecule has 34 heavy (non-hydrogen) atoms. The molecule has 0 fully saturated rings. The number of aromatic nitrogens is 3. The molecule has 2 heterocycles. The zero-order valence-electron chi connectivity index (χ0n) is 18.6. The van der Waals surface area contributed by atoms with E-state index in [9.17, 15) is 9.59 Å². The first-order valence-corrected chi connectivity index (χ1v) is 11.7. The average Bonchev–Trinajstić information content (AvgIpc) is 3.26. The number of amides is 1. The predicted molar refractivity (Wildman–Crippen MR) is 135 cm³/mol. The van der Waals surface area contributed by atoms with E-state index in [0.29, 0.717) is 33.8 Å². The van der Waals surface area contributed by atoms with Gasteiger partial charge in [0.05, 0.1) is 23.1 Å². The summed E-state index contributed by atoms with van der Waals surface area (Å²) in [5.74, 6) is 0.301. The molecule has 1 amide bonds. The fourth-order valence-corrected chi connectivity index (χ4v) is 4.88. The molecule has 2 aromatic heterocycles. The zero-order valence-corrected chi connectivity index (χ0v) is 19.4. The molecule has 5 aromatic rings. The van der Waals surface area contributed by atoms with E-state index >= 15 is 0 Å². The number of carbonyl (C=O) groups excluding carboxylic acids is 1. The Labute approximate surface area is 200 Å². The van der Waals surface area contributed by atoms with Crippen LogP contribution in [0, 0.1) is 6.92 Å². The first-order valence-electron chi connectivity index (χ1n) is 10.9. The molecule has 0 radical (unpaired) electrons. The molecule has 3 aromatic carbocycles. The highest BCUT2D eigenvalue weighted by Crippen LogP contribution is 2.29. The molecule has 0 saturated heterocycles. The molecule has 1 N–H and O–H groups in total. The second-order valence-electron chi connectivity index (χ2n) is 7.98. The van der Waals surface area contributed by atoms with Crippen LogP contribution in [0.2, 0.25) is 0 Å². The standard InChI is InChI=1S/C27H22N4O2S/c1-18-24(34-26(28-18)20-12-6-3-7-13-20)27(33)31(16-19-10-4-2-5-11-19)17-23-29-22-15-9-8-14-21(22)25(32)30-23/h2-15H,16-17H2,1H3,(H,29,30,32). The number of hydrogen-bond acceptors (Lipinski definition) is 5. The van der Waals surface area contributed by atoms with Crippen molar-refractivity contribution in [3.8, 4) is 10.6 Å². The predicted octanol–water partition coefficient (Wildman–Crippen LogP) is 5.20. The van der Waals surface area contributed by atoms with Crippen molar-refractivity contribution >= 4 is 28.1 Å². The summed E-state index contributed by atoms with van der Waals surface area (Å²) in [7, 11) is 0. The lowest BCUT2D eigenvalue weighted by Gasteiger charge is -2.22. The minimum Gasteiger partial charge on any atom is -0.326 e. The Morgan fingerprint density at radius 2 is 1.56 bits per heavy atom. The summed E-state index contributed by atoms with van der Waals surface area (Å²) in [4.78, 5) is 40.7. The van der Waals surface area contributed by atoms with Crippen LogP contribution in [0.5, 0.6) is 0 Å². The summed E-state index contributed by atoms with van der Waals surface area (Å²) < 4.78 is 0. The third-order valence-electron chi connectivity index (χ3n) is 5.52. The molecule has 0 aliphatic rings. The molecular formula is C27H22N4O2S. The van der Waals surface area contributed by atoms with Gasteiger partial charge in [-0.2, -0.15) is 0 Å². The Kier molecular flexibility index (Phi) is 6.01. The van der Waals surface area contributed by atoms with Crippen LogP contribution in [-0.2, 0) is 13.1 Å². The molecule has 0 aliphatic carbocycles. The summed E-state index contributed by atoms with van der Waals surface area (Å²) in [6.07, 6.45) is 0.